The lowest BCUT2D eigenvalue weighted by atomic mass is 9.45. The minimum atomic E-state index is -1.72. The molecule has 1 aliphatic heterocycles. The number of ether oxygens (including phenoxy) is 1. The van der Waals surface area contributed by atoms with Crippen molar-refractivity contribution in [3.63, 3.8) is 0 Å². The van der Waals surface area contributed by atoms with Crippen LogP contribution in [0.15, 0.2) is 16.4 Å². The SMILES string of the molecule is COc1c(N2CCNC(C)C2)c(F)c(C)c2c(=O)c(C(=O)CCC(=O)[C@@]3(O)CC[C@H]4[C@@H]5CCC6=CC(=O)CC[C@]6(C)[C@H]5[C@@H](O)C[C@@]43C)c(C)n(C3CC3)c12. The van der Waals surface area contributed by atoms with Crippen molar-refractivity contribution in [2.45, 2.75) is 129 Å². The van der Waals surface area contributed by atoms with Gasteiger partial charge in [0.15, 0.2) is 28.9 Å². The molecule has 6 aliphatic rings. The van der Waals surface area contributed by atoms with Crippen LogP contribution < -0.4 is 20.4 Å². The second-order valence-electron chi connectivity index (χ2n) is 18.1. The number of aromatic nitrogens is 1. The van der Waals surface area contributed by atoms with Crippen molar-refractivity contribution in [2.75, 3.05) is 31.6 Å². The van der Waals surface area contributed by atoms with E-state index in [1.165, 1.54) is 7.11 Å². The number of aryl methyl sites for hydroxylation is 1. The minimum absolute atomic E-state index is 0.0159. The zero-order valence-electron chi connectivity index (χ0n) is 32.6. The highest BCUT2D eigenvalue weighted by atomic mass is 19.1. The van der Waals surface area contributed by atoms with Crippen molar-refractivity contribution in [2.24, 2.45) is 28.6 Å². The van der Waals surface area contributed by atoms with Crippen molar-refractivity contribution in [3.8, 4) is 5.75 Å². The highest BCUT2D eigenvalue weighted by Crippen LogP contribution is 2.67. The molecular formula is C43H56FN3O7. The number of methoxy groups -OCH3 is 1. The van der Waals surface area contributed by atoms with Crippen LogP contribution in [0.4, 0.5) is 10.1 Å². The zero-order chi connectivity index (χ0) is 38.6. The Kier molecular flexibility index (Phi) is 9.09. The monoisotopic (exact) mass is 745 g/mol. The summed E-state index contributed by atoms with van der Waals surface area (Å²) in [5, 5.41) is 27.7. The van der Waals surface area contributed by atoms with E-state index in [0.717, 1.165) is 31.3 Å². The summed E-state index contributed by atoms with van der Waals surface area (Å²) in [5.41, 5.74) is -0.878. The van der Waals surface area contributed by atoms with Crippen LogP contribution in [0.5, 0.6) is 5.75 Å². The summed E-state index contributed by atoms with van der Waals surface area (Å²) < 4.78 is 24.4. The summed E-state index contributed by atoms with van der Waals surface area (Å²) in [6.07, 6.45) is 6.15. The molecule has 54 heavy (non-hydrogen) atoms. The van der Waals surface area contributed by atoms with Crippen LogP contribution in [0.2, 0.25) is 0 Å². The molecule has 5 aliphatic carbocycles. The van der Waals surface area contributed by atoms with Gasteiger partial charge in [0, 0.05) is 67.7 Å². The Labute approximate surface area is 316 Å². The molecule has 3 N–H and O–H groups in total. The molecule has 1 aromatic heterocycles. The van der Waals surface area contributed by atoms with Gasteiger partial charge in [0.2, 0.25) is 5.43 Å². The molecule has 0 bridgehead atoms. The summed E-state index contributed by atoms with van der Waals surface area (Å²) in [5.74, 6) is -0.954. The number of allylic oxidation sites excluding steroid dienone is 1. The van der Waals surface area contributed by atoms with Crippen LogP contribution in [0.25, 0.3) is 10.9 Å². The Morgan fingerprint density at radius 1 is 1.07 bits per heavy atom. The molecule has 5 fully saturated rings. The van der Waals surface area contributed by atoms with E-state index in [2.05, 4.69) is 12.2 Å². The van der Waals surface area contributed by atoms with Gasteiger partial charge in [0.05, 0.1) is 29.7 Å². The van der Waals surface area contributed by atoms with Crippen LogP contribution >= 0.6 is 0 Å². The van der Waals surface area contributed by atoms with E-state index in [1.54, 1.807) is 19.9 Å². The number of piperazine rings is 1. The first-order chi connectivity index (χ1) is 25.6. The first-order valence-electron chi connectivity index (χ1n) is 20.2. The van der Waals surface area contributed by atoms with E-state index >= 15 is 4.39 Å². The lowest BCUT2D eigenvalue weighted by Gasteiger charge is -2.60. The largest absolute Gasteiger partial charge is 0.492 e. The number of nitrogens with one attached hydrogen (secondary N) is 1. The third-order valence-corrected chi connectivity index (χ3v) is 15.2. The van der Waals surface area contributed by atoms with Crippen molar-refractivity contribution in [3.05, 3.63) is 44.5 Å². The standard InChI is InChI=1S/C43H56FN3O7/c1-22-21-46(18-17-45-22)38-36(44)23(2)33-37(40(38)54-6)47(26-8-9-26)24(3)34(39(33)52)30(49)11-12-32(51)43(53)16-14-29-28-10-7-25-19-27(48)13-15-41(25,4)35(28)31(50)20-42(29,43)5/h19,22,26,28-29,31,35,45,50,53H,7-18,20-21H2,1-6H3/t22?,28-,29-,31-,35+,41-,42-,43-/m0/s1. The van der Waals surface area contributed by atoms with E-state index < -0.39 is 39.9 Å². The Bertz CT molecular complexity index is 2050. The molecule has 8 atom stereocenters. The Hall–Kier alpha value is -3.41. The molecule has 0 spiro atoms. The molecule has 1 aromatic carbocycles. The van der Waals surface area contributed by atoms with Crippen LogP contribution in [-0.2, 0) is 9.59 Å². The van der Waals surface area contributed by atoms with Gasteiger partial charge in [0.1, 0.15) is 11.3 Å². The van der Waals surface area contributed by atoms with E-state index in [-0.39, 0.29) is 83.2 Å². The van der Waals surface area contributed by atoms with Gasteiger partial charge in [-0.1, -0.05) is 19.4 Å². The van der Waals surface area contributed by atoms with Gasteiger partial charge in [-0.25, -0.2) is 4.39 Å². The summed E-state index contributed by atoms with van der Waals surface area (Å²) in [6, 6.07) is 0.158. The smallest absolute Gasteiger partial charge is 0.200 e. The van der Waals surface area contributed by atoms with E-state index in [4.69, 9.17) is 4.74 Å². The number of carbonyl (C=O) groups is 3. The molecule has 1 saturated heterocycles. The maximum atomic E-state index is 16.5. The van der Waals surface area contributed by atoms with Crippen molar-refractivity contribution >= 4 is 33.9 Å². The van der Waals surface area contributed by atoms with Gasteiger partial charge < -0.3 is 29.7 Å². The van der Waals surface area contributed by atoms with E-state index in [1.807, 2.05) is 23.3 Å². The molecule has 2 heterocycles. The quantitative estimate of drug-likeness (QED) is 0.292. The number of fused-ring (bicyclic) bond motifs is 6. The van der Waals surface area contributed by atoms with Gasteiger partial charge in [-0.15, -0.1) is 0 Å². The highest BCUT2D eigenvalue weighted by Gasteiger charge is 2.68. The van der Waals surface area contributed by atoms with E-state index in [0.29, 0.717) is 61.5 Å². The fourth-order valence-electron chi connectivity index (χ4n) is 12.3. The molecule has 10 nitrogen and oxygen atoms in total. The number of aliphatic hydroxyl groups excluding tert-OH is 1. The number of Topliss-reactive ketones (excluding diaryl/α,β-unsaturated/α-hetero) is 2. The second kappa shape index (κ2) is 13.1. The minimum Gasteiger partial charge on any atom is -0.492 e. The first kappa shape index (κ1) is 37.5. The molecule has 4 saturated carbocycles. The van der Waals surface area contributed by atoms with Gasteiger partial charge in [-0.2, -0.15) is 0 Å². The summed E-state index contributed by atoms with van der Waals surface area (Å²) >= 11 is 0. The molecule has 0 radical (unpaired) electrons. The Morgan fingerprint density at radius 2 is 1.81 bits per heavy atom. The third-order valence-electron chi connectivity index (χ3n) is 15.2. The number of ketones is 3. The molecule has 1 unspecified atom stereocenters. The number of benzene rings is 1. The Morgan fingerprint density at radius 3 is 2.50 bits per heavy atom. The van der Waals surface area contributed by atoms with Crippen LogP contribution in [-0.4, -0.2) is 76.6 Å². The predicted molar refractivity (Wildman–Crippen MR) is 204 cm³/mol. The molecule has 292 valence electrons. The third kappa shape index (κ3) is 5.34. The van der Waals surface area contributed by atoms with Crippen molar-refractivity contribution < 1.29 is 33.7 Å². The van der Waals surface area contributed by atoms with Crippen LogP contribution in [0.1, 0.15) is 119 Å². The number of anilines is 1. The molecular weight excluding hydrogens is 689 g/mol. The number of hydrogen-bond donors (Lipinski definition) is 3. The number of pyridine rings is 1. The maximum absolute atomic E-state index is 16.5. The lowest BCUT2D eigenvalue weighted by molar-refractivity contribution is -0.180. The van der Waals surface area contributed by atoms with Gasteiger partial charge in [-0.3, -0.25) is 19.2 Å². The molecule has 2 aromatic rings. The fourth-order valence-corrected chi connectivity index (χ4v) is 12.3. The van der Waals surface area contributed by atoms with Crippen molar-refractivity contribution in [1.29, 1.82) is 0 Å². The second-order valence-corrected chi connectivity index (χ2v) is 18.1. The Balaban J connectivity index is 1.09. The number of halogens is 1. The number of hydrogen-bond acceptors (Lipinski definition) is 9. The fraction of sp³-hybridized carbons (Fsp3) is 0.674. The lowest BCUT2D eigenvalue weighted by Crippen LogP contribution is -2.61. The van der Waals surface area contributed by atoms with Gasteiger partial charge >= 0.3 is 0 Å². The topological polar surface area (TPSA) is 138 Å². The van der Waals surface area contributed by atoms with Gasteiger partial charge in [0.25, 0.3) is 0 Å². The van der Waals surface area contributed by atoms with Crippen molar-refractivity contribution in [1.82, 2.24) is 9.88 Å². The summed E-state index contributed by atoms with van der Waals surface area (Å²) in [4.78, 5) is 57.1. The summed E-state index contributed by atoms with van der Waals surface area (Å²) in [7, 11) is 1.49. The van der Waals surface area contributed by atoms with Gasteiger partial charge in [-0.05, 0) is 101 Å². The number of rotatable bonds is 8. The van der Waals surface area contributed by atoms with Crippen LogP contribution in [0, 0.1) is 48.2 Å². The highest BCUT2D eigenvalue weighted by molar-refractivity contribution is 6.04. The van der Waals surface area contributed by atoms with E-state index in [9.17, 15) is 29.4 Å². The number of carbonyl (C=O) groups excluding carboxylic acids is 3. The molecule has 0 amide bonds. The maximum Gasteiger partial charge on any atom is 0.200 e. The van der Waals surface area contributed by atoms with Crippen LogP contribution in [0.3, 0.4) is 0 Å². The molecule has 11 heteroatoms. The average molecular weight is 746 g/mol. The number of nitrogens with zero attached hydrogens (tertiary/aromatic N) is 2. The zero-order valence-corrected chi connectivity index (χ0v) is 32.6. The normalized spacial score (nSPS) is 35.0. The first-order valence-corrected chi connectivity index (χ1v) is 20.2. The number of aliphatic hydroxyl groups is 2. The predicted octanol–water partition coefficient (Wildman–Crippen LogP) is 5.66. The molecule has 8 rings (SSSR count). The average Bonchev–Trinajstić information content (AvgIpc) is 3.92. The summed E-state index contributed by atoms with van der Waals surface area (Å²) in [6.45, 7) is 11.3.